The summed E-state index contributed by atoms with van der Waals surface area (Å²) < 4.78 is 5.57. The number of thiocarbonyl (C=S) groups is 1. The maximum absolute atomic E-state index is 13.4. The predicted molar refractivity (Wildman–Crippen MR) is 142 cm³/mol. The fourth-order valence-corrected chi connectivity index (χ4v) is 4.10. The van der Waals surface area contributed by atoms with Crippen LogP contribution in [0.25, 0.3) is 0 Å². The first-order valence-electron chi connectivity index (χ1n) is 11.9. The first kappa shape index (κ1) is 25.8. The van der Waals surface area contributed by atoms with Gasteiger partial charge in [-0.05, 0) is 60.6 Å². The summed E-state index contributed by atoms with van der Waals surface area (Å²) in [6.07, 6.45) is 2.17. The first-order valence-corrected chi connectivity index (χ1v) is 12.3. The van der Waals surface area contributed by atoms with Crippen molar-refractivity contribution < 1.29 is 19.1 Å². The summed E-state index contributed by atoms with van der Waals surface area (Å²) in [5.41, 5.74) is 4.26. The van der Waals surface area contributed by atoms with E-state index < -0.39 is 17.9 Å². The van der Waals surface area contributed by atoms with Crippen molar-refractivity contribution in [3.05, 3.63) is 90.3 Å². The van der Waals surface area contributed by atoms with Crippen molar-refractivity contribution in [2.24, 2.45) is 0 Å². The molecule has 0 bridgehead atoms. The van der Waals surface area contributed by atoms with Crippen LogP contribution in [0.1, 0.15) is 35.8 Å². The molecular formula is C27H27N5O4S. The van der Waals surface area contributed by atoms with Gasteiger partial charge in [0, 0.05) is 11.9 Å². The molecule has 1 aromatic heterocycles. The normalized spacial score (nSPS) is 15.0. The van der Waals surface area contributed by atoms with Gasteiger partial charge in [-0.25, -0.2) is 5.01 Å². The van der Waals surface area contributed by atoms with E-state index in [1.165, 1.54) is 16.1 Å². The zero-order valence-electron chi connectivity index (χ0n) is 20.3. The molecule has 1 atom stereocenters. The van der Waals surface area contributed by atoms with Gasteiger partial charge in [0.1, 0.15) is 17.5 Å². The highest BCUT2D eigenvalue weighted by Gasteiger charge is 2.44. The molecule has 2 aromatic carbocycles. The minimum absolute atomic E-state index is 0.105. The van der Waals surface area contributed by atoms with Gasteiger partial charge in [-0.3, -0.25) is 29.7 Å². The van der Waals surface area contributed by atoms with Crippen molar-refractivity contribution in [1.82, 2.24) is 20.3 Å². The molecule has 3 aromatic rings. The Morgan fingerprint density at radius 2 is 1.76 bits per heavy atom. The van der Waals surface area contributed by atoms with E-state index in [0.717, 1.165) is 12.0 Å². The smallest absolute Gasteiger partial charge is 0.288 e. The van der Waals surface area contributed by atoms with Gasteiger partial charge in [0.05, 0.1) is 19.6 Å². The van der Waals surface area contributed by atoms with Crippen molar-refractivity contribution in [1.29, 1.82) is 0 Å². The van der Waals surface area contributed by atoms with E-state index in [9.17, 15) is 14.4 Å². The number of anilines is 1. The molecule has 3 amide bonds. The van der Waals surface area contributed by atoms with E-state index in [4.69, 9.17) is 17.0 Å². The van der Waals surface area contributed by atoms with Gasteiger partial charge < -0.3 is 10.1 Å². The molecule has 1 fully saturated rings. The molecular weight excluding hydrogens is 490 g/mol. The summed E-state index contributed by atoms with van der Waals surface area (Å²) in [6, 6.07) is 20.3. The summed E-state index contributed by atoms with van der Waals surface area (Å²) >= 11 is 5.57. The second-order valence-corrected chi connectivity index (χ2v) is 8.72. The molecule has 1 aliphatic rings. The van der Waals surface area contributed by atoms with E-state index in [-0.39, 0.29) is 29.7 Å². The Hall–Kier alpha value is -4.31. The Morgan fingerprint density at radius 3 is 2.43 bits per heavy atom. The van der Waals surface area contributed by atoms with Crippen LogP contribution in [-0.2, 0) is 16.1 Å². The van der Waals surface area contributed by atoms with Crippen molar-refractivity contribution in [3.8, 4) is 5.75 Å². The molecule has 2 heterocycles. The number of carbonyl (C=O) groups excluding carboxylic acids is 3. The first-order chi connectivity index (χ1) is 18.0. The largest absolute Gasteiger partial charge is 0.494 e. The molecule has 190 valence electrons. The van der Waals surface area contributed by atoms with Crippen molar-refractivity contribution in [2.45, 2.75) is 32.4 Å². The Kier molecular flexibility index (Phi) is 8.42. The summed E-state index contributed by atoms with van der Waals surface area (Å²) in [4.78, 5) is 44.6. The fraction of sp³-hybridized carbons (Fsp3) is 0.222. The molecule has 10 heteroatoms. The van der Waals surface area contributed by atoms with E-state index >= 15 is 0 Å². The Morgan fingerprint density at radius 1 is 1.03 bits per heavy atom. The standard InChI is InChI=1S/C27H27N5O4S/c1-2-16-36-21-13-11-20(12-14-21)29-24(33)17-23-26(35)31(18-19-8-4-3-5-9-19)27(37)32(23)30-25(34)22-10-6-7-15-28-22/h3-15,23H,2,16-18H2,1H3,(H,29,33)(H,30,34). The van der Waals surface area contributed by atoms with E-state index in [1.54, 1.807) is 42.5 Å². The average Bonchev–Trinajstić information content (AvgIpc) is 3.13. The second kappa shape index (κ2) is 12.1. The van der Waals surface area contributed by atoms with Crippen molar-refractivity contribution >= 4 is 40.7 Å². The monoisotopic (exact) mass is 517 g/mol. The predicted octanol–water partition coefficient (Wildman–Crippen LogP) is 3.54. The molecule has 4 rings (SSSR count). The Bertz CT molecular complexity index is 1250. The average molecular weight is 518 g/mol. The number of amides is 3. The van der Waals surface area contributed by atoms with Gasteiger partial charge in [0.2, 0.25) is 5.91 Å². The molecule has 1 unspecified atom stereocenters. The van der Waals surface area contributed by atoms with Crippen LogP contribution >= 0.6 is 12.2 Å². The number of aromatic nitrogens is 1. The molecule has 0 aliphatic carbocycles. The van der Waals surface area contributed by atoms with Gasteiger partial charge in [0.15, 0.2) is 5.11 Å². The highest BCUT2D eigenvalue weighted by molar-refractivity contribution is 7.80. The molecule has 37 heavy (non-hydrogen) atoms. The van der Waals surface area contributed by atoms with Gasteiger partial charge in [-0.15, -0.1) is 0 Å². The molecule has 0 radical (unpaired) electrons. The summed E-state index contributed by atoms with van der Waals surface area (Å²) in [5.74, 6) is -0.614. The van der Waals surface area contributed by atoms with Crippen LogP contribution in [0.15, 0.2) is 79.0 Å². The third-order valence-corrected chi connectivity index (χ3v) is 6.01. The van der Waals surface area contributed by atoms with Crippen LogP contribution < -0.4 is 15.5 Å². The zero-order valence-corrected chi connectivity index (χ0v) is 21.1. The Balaban J connectivity index is 1.50. The molecule has 2 N–H and O–H groups in total. The van der Waals surface area contributed by atoms with E-state index in [2.05, 4.69) is 15.7 Å². The number of rotatable bonds is 10. The minimum Gasteiger partial charge on any atom is -0.494 e. The molecule has 0 spiro atoms. The third kappa shape index (κ3) is 6.47. The number of hydrazine groups is 1. The quantitative estimate of drug-likeness (QED) is 0.397. The van der Waals surface area contributed by atoms with Crippen LogP contribution in [0.4, 0.5) is 5.69 Å². The topological polar surface area (TPSA) is 104 Å². The van der Waals surface area contributed by atoms with Crippen molar-refractivity contribution in [3.63, 3.8) is 0 Å². The zero-order chi connectivity index (χ0) is 26.2. The van der Waals surface area contributed by atoms with Crippen LogP contribution in [0.2, 0.25) is 0 Å². The van der Waals surface area contributed by atoms with Gasteiger partial charge in [-0.1, -0.05) is 43.3 Å². The van der Waals surface area contributed by atoms with Gasteiger partial charge in [-0.2, -0.15) is 0 Å². The number of hydrogen-bond acceptors (Lipinski definition) is 6. The third-order valence-electron chi connectivity index (χ3n) is 5.59. The van der Waals surface area contributed by atoms with E-state index in [1.807, 2.05) is 37.3 Å². The van der Waals surface area contributed by atoms with Crippen LogP contribution in [0, 0.1) is 0 Å². The second-order valence-electron chi connectivity index (χ2n) is 8.36. The number of carbonyl (C=O) groups is 3. The van der Waals surface area contributed by atoms with Crippen LogP contribution in [0.5, 0.6) is 5.75 Å². The maximum atomic E-state index is 13.4. The number of benzene rings is 2. The number of pyridine rings is 1. The number of nitrogens with zero attached hydrogens (tertiary/aromatic N) is 3. The van der Waals surface area contributed by atoms with Gasteiger partial charge >= 0.3 is 0 Å². The van der Waals surface area contributed by atoms with Crippen LogP contribution in [0.3, 0.4) is 0 Å². The minimum atomic E-state index is -1.02. The summed E-state index contributed by atoms with van der Waals surface area (Å²) in [7, 11) is 0. The number of hydrogen-bond donors (Lipinski definition) is 2. The molecule has 1 aliphatic heterocycles. The lowest BCUT2D eigenvalue weighted by molar-refractivity contribution is -0.131. The number of ether oxygens (including phenoxy) is 1. The molecule has 1 saturated heterocycles. The lowest BCUT2D eigenvalue weighted by atomic mass is 10.1. The van der Waals surface area contributed by atoms with E-state index in [0.29, 0.717) is 18.0 Å². The highest BCUT2D eigenvalue weighted by Crippen LogP contribution is 2.23. The summed E-state index contributed by atoms with van der Waals surface area (Å²) in [5, 5.41) is 4.18. The lowest BCUT2D eigenvalue weighted by Gasteiger charge is -2.24. The fourth-order valence-electron chi connectivity index (χ4n) is 3.77. The maximum Gasteiger partial charge on any atom is 0.288 e. The highest BCUT2D eigenvalue weighted by atomic mass is 32.1. The summed E-state index contributed by atoms with van der Waals surface area (Å²) in [6.45, 7) is 2.84. The Labute approximate surface area is 220 Å². The van der Waals surface area contributed by atoms with Gasteiger partial charge in [0.25, 0.3) is 11.8 Å². The van der Waals surface area contributed by atoms with Crippen molar-refractivity contribution in [2.75, 3.05) is 11.9 Å². The SMILES string of the molecule is CCCOc1ccc(NC(=O)CC2C(=O)N(Cc3ccccc3)C(=S)N2NC(=O)c2ccccn2)cc1. The van der Waals surface area contributed by atoms with Crippen LogP contribution in [-0.4, -0.2) is 50.4 Å². The molecule has 0 saturated carbocycles. The molecule has 9 nitrogen and oxygen atoms in total. The number of nitrogens with one attached hydrogen (secondary N) is 2. The lowest BCUT2D eigenvalue weighted by Crippen LogP contribution is -2.49.